The Kier molecular flexibility index (Phi) is 4.19. The van der Waals surface area contributed by atoms with Gasteiger partial charge in [0, 0.05) is 18.6 Å². The summed E-state index contributed by atoms with van der Waals surface area (Å²) in [6, 6.07) is 8.70. The van der Waals surface area contributed by atoms with Gasteiger partial charge in [-0.3, -0.25) is 0 Å². The monoisotopic (exact) mass is 233 g/mol. The lowest BCUT2D eigenvalue weighted by molar-refractivity contribution is 0.149. The normalized spacial score (nSPS) is 24.1. The molecule has 1 aliphatic rings. The largest absolute Gasteiger partial charge is 0.381 e. The molecule has 17 heavy (non-hydrogen) atoms. The van der Waals surface area contributed by atoms with Gasteiger partial charge in [-0.25, -0.2) is 0 Å². The van der Waals surface area contributed by atoms with Gasteiger partial charge in [0.15, 0.2) is 0 Å². The number of hydrogen-bond acceptors (Lipinski definition) is 2. The Balaban J connectivity index is 2.10. The molecule has 0 spiro atoms. The quantitative estimate of drug-likeness (QED) is 0.844. The van der Waals surface area contributed by atoms with Gasteiger partial charge in [-0.2, -0.15) is 0 Å². The van der Waals surface area contributed by atoms with Gasteiger partial charge < -0.3 is 10.1 Å². The Hall–Kier alpha value is -0.860. The van der Waals surface area contributed by atoms with Crippen molar-refractivity contribution in [2.45, 2.75) is 26.7 Å². The van der Waals surface area contributed by atoms with Gasteiger partial charge in [0.1, 0.15) is 0 Å². The summed E-state index contributed by atoms with van der Waals surface area (Å²) in [6.45, 7) is 8.28. The van der Waals surface area contributed by atoms with Crippen LogP contribution in [0.5, 0.6) is 0 Å². The van der Waals surface area contributed by atoms with Crippen LogP contribution < -0.4 is 5.32 Å². The van der Waals surface area contributed by atoms with E-state index < -0.39 is 0 Å². The zero-order valence-electron chi connectivity index (χ0n) is 11.0. The number of ether oxygens (including phenoxy) is 1. The summed E-state index contributed by atoms with van der Waals surface area (Å²) < 4.78 is 5.63. The highest BCUT2D eigenvalue weighted by Crippen LogP contribution is 2.32. The van der Waals surface area contributed by atoms with Gasteiger partial charge >= 0.3 is 0 Å². The molecule has 1 aliphatic heterocycles. The first-order valence-electron chi connectivity index (χ1n) is 6.59. The molecule has 1 unspecified atom stereocenters. The van der Waals surface area contributed by atoms with Crippen LogP contribution in [-0.2, 0) is 11.2 Å². The summed E-state index contributed by atoms with van der Waals surface area (Å²) in [5, 5.41) is 3.49. The lowest BCUT2D eigenvalue weighted by atomic mass is 9.80. The molecule has 1 N–H and O–H groups in total. The minimum absolute atomic E-state index is 0.308. The maximum atomic E-state index is 5.63. The highest BCUT2D eigenvalue weighted by Gasteiger charge is 2.34. The van der Waals surface area contributed by atoms with Crippen LogP contribution in [0.2, 0.25) is 0 Å². The van der Waals surface area contributed by atoms with Crippen molar-refractivity contribution in [3.63, 3.8) is 0 Å². The van der Waals surface area contributed by atoms with Crippen LogP contribution in [0.15, 0.2) is 24.3 Å². The fourth-order valence-electron chi connectivity index (χ4n) is 2.59. The van der Waals surface area contributed by atoms with Gasteiger partial charge in [0.2, 0.25) is 0 Å². The Labute approximate surface area is 104 Å². The summed E-state index contributed by atoms with van der Waals surface area (Å²) in [6.07, 6.45) is 2.31. The molecular formula is C15H23NO. The molecule has 1 aromatic carbocycles. The summed E-state index contributed by atoms with van der Waals surface area (Å²) in [7, 11) is 0. The highest BCUT2D eigenvalue weighted by molar-refractivity contribution is 5.27. The molecule has 1 aromatic rings. The smallest absolute Gasteiger partial charge is 0.0538 e. The van der Waals surface area contributed by atoms with Crippen molar-refractivity contribution in [2.24, 2.45) is 5.41 Å². The van der Waals surface area contributed by atoms with Crippen molar-refractivity contribution in [1.29, 1.82) is 0 Å². The van der Waals surface area contributed by atoms with E-state index in [0.29, 0.717) is 5.41 Å². The Morgan fingerprint density at radius 3 is 2.82 bits per heavy atom. The van der Waals surface area contributed by atoms with Crippen molar-refractivity contribution in [1.82, 2.24) is 5.32 Å². The van der Waals surface area contributed by atoms with E-state index in [0.717, 1.165) is 32.7 Å². The molecule has 1 atom stereocenters. The van der Waals surface area contributed by atoms with E-state index in [1.54, 1.807) is 0 Å². The van der Waals surface area contributed by atoms with E-state index in [1.807, 2.05) is 0 Å². The third-order valence-corrected chi connectivity index (χ3v) is 3.76. The van der Waals surface area contributed by atoms with Crippen molar-refractivity contribution < 1.29 is 4.74 Å². The van der Waals surface area contributed by atoms with E-state index in [2.05, 4.69) is 43.4 Å². The summed E-state index contributed by atoms with van der Waals surface area (Å²) in [5.41, 5.74) is 3.17. The number of benzene rings is 1. The first kappa shape index (κ1) is 12.6. The standard InChI is InChI=1S/C15H23NO/c1-3-16-11-15(8-9-17-12-15)10-14-7-5-4-6-13(14)2/h4-7,16H,3,8-12H2,1-2H3. The molecule has 1 fully saturated rings. The second kappa shape index (κ2) is 5.65. The molecule has 1 heterocycles. The molecule has 94 valence electrons. The lowest BCUT2D eigenvalue weighted by Crippen LogP contribution is -2.36. The first-order chi connectivity index (χ1) is 8.26. The van der Waals surface area contributed by atoms with E-state index >= 15 is 0 Å². The van der Waals surface area contributed by atoms with E-state index in [4.69, 9.17) is 4.74 Å². The van der Waals surface area contributed by atoms with Crippen molar-refractivity contribution >= 4 is 0 Å². The summed E-state index contributed by atoms with van der Waals surface area (Å²) in [4.78, 5) is 0. The molecule has 2 heteroatoms. The summed E-state index contributed by atoms with van der Waals surface area (Å²) in [5.74, 6) is 0. The molecule has 0 aliphatic carbocycles. The number of rotatable bonds is 5. The van der Waals surface area contributed by atoms with Crippen LogP contribution in [0.3, 0.4) is 0 Å². The zero-order valence-corrected chi connectivity index (χ0v) is 11.0. The van der Waals surface area contributed by atoms with Crippen molar-refractivity contribution in [3.05, 3.63) is 35.4 Å². The molecule has 0 radical (unpaired) electrons. The topological polar surface area (TPSA) is 21.3 Å². The first-order valence-corrected chi connectivity index (χ1v) is 6.59. The molecule has 0 saturated carbocycles. The molecule has 0 bridgehead atoms. The zero-order chi connectivity index (χ0) is 12.1. The minimum atomic E-state index is 0.308. The minimum Gasteiger partial charge on any atom is -0.381 e. The van der Waals surface area contributed by atoms with Crippen LogP contribution in [0.1, 0.15) is 24.5 Å². The van der Waals surface area contributed by atoms with Crippen LogP contribution in [0.25, 0.3) is 0 Å². The average Bonchev–Trinajstić information content (AvgIpc) is 2.79. The van der Waals surface area contributed by atoms with E-state index in [9.17, 15) is 0 Å². The molecule has 2 rings (SSSR count). The second-order valence-electron chi connectivity index (χ2n) is 5.19. The molecule has 0 amide bonds. The van der Waals surface area contributed by atoms with Gasteiger partial charge in [0.05, 0.1) is 6.61 Å². The SMILES string of the molecule is CCNCC1(Cc2ccccc2C)CCOC1. The van der Waals surface area contributed by atoms with E-state index in [1.165, 1.54) is 17.5 Å². The average molecular weight is 233 g/mol. The summed E-state index contributed by atoms with van der Waals surface area (Å²) >= 11 is 0. The molecular weight excluding hydrogens is 210 g/mol. The third-order valence-electron chi connectivity index (χ3n) is 3.76. The van der Waals surface area contributed by atoms with Crippen molar-refractivity contribution in [3.8, 4) is 0 Å². The lowest BCUT2D eigenvalue weighted by Gasteiger charge is -2.28. The van der Waals surface area contributed by atoms with Crippen LogP contribution >= 0.6 is 0 Å². The van der Waals surface area contributed by atoms with Gasteiger partial charge in [-0.15, -0.1) is 0 Å². The number of nitrogens with one attached hydrogen (secondary N) is 1. The molecule has 2 nitrogen and oxygen atoms in total. The van der Waals surface area contributed by atoms with E-state index in [-0.39, 0.29) is 0 Å². The Morgan fingerprint density at radius 2 is 2.18 bits per heavy atom. The van der Waals surface area contributed by atoms with Gasteiger partial charge in [0.25, 0.3) is 0 Å². The fourth-order valence-corrected chi connectivity index (χ4v) is 2.59. The maximum Gasteiger partial charge on any atom is 0.0538 e. The predicted octanol–water partition coefficient (Wildman–Crippen LogP) is 2.55. The van der Waals surface area contributed by atoms with Gasteiger partial charge in [-0.05, 0) is 37.4 Å². The highest BCUT2D eigenvalue weighted by atomic mass is 16.5. The predicted molar refractivity (Wildman–Crippen MR) is 71.3 cm³/mol. The van der Waals surface area contributed by atoms with Crippen LogP contribution in [0.4, 0.5) is 0 Å². The number of aryl methyl sites for hydroxylation is 1. The Morgan fingerprint density at radius 1 is 1.35 bits per heavy atom. The Bertz CT molecular complexity index is 356. The maximum absolute atomic E-state index is 5.63. The molecule has 1 saturated heterocycles. The van der Waals surface area contributed by atoms with Crippen LogP contribution in [-0.4, -0.2) is 26.3 Å². The number of hydrogen-bond donors (Lipinski definition) is 1. The van der Waals surface area contributed by atoms with Crippen molar-refractivity contribution in [2.75, 3.05) is 26.3 Å². The van der Waals surface area contributed by atoms with Gasteiger partial charge in [-0.1, -0.05) is 31.2 Å². The molecule has 0 aromatic heterocycles. The third kappa shape index (κ3) is 3.08. The van der Waals surface area contributed by atoms with Crippen LogP contribution in [0, 0.1) is 12.3 Å². The fraction of sp³-hybridized carbons (Fsp3) is 0.600. The second-order valence-corrected chi connectivity index (χ2v) is 5.19.